The van der Waals surface area contributed by atoms with Gasteiger partial charge in [0.05, 0.1) is 10.9 Å². The molecule has 0 spiro atoms. The average Bonchev–Trinajstić information content (AvgIpc) is 3.07. The molecule has 0 radical (unpaired) electrons. The Morgan fingerprint density at radius 2 is 1.49 bits per heavy atom. The second-order valence-electron chi connectivity index (χ2n) is 13.4. The first-order valence-electron chi connectivity index (χ1n) is 16.5. The fourth-order valence-electron chi connectivity index (χ4n) is 6.23. The molecule has 2 amide bonds. The minimum absolute atomic E-state index is 0.00898. The number of nitrogens with one attached hydrogen (secondary N) is 1. The number of piperazine rings is 1. The van der Waals surface area contributed by atoms with Crippen LogP contribution in [0.5, 0.6) is 0 Å². The fraction of sp³-hybridized carbons (Fsp3) is 0.316. The predicted molar refractivity (Wildman–Crippen MR) is 188 cm³/mol. The van der Waals surface area contributed by atoms with Crippen molar-refractivity contribution in [3.05, 3.63) is 131 Å². The van der Waals surface area contributed by atoms with Crippen molar-refractivity contribution in [2.45, 2.75) is 62.1 Å². The van der Waals surface area contributed by atoms with Crippen LogP contribution in [0.1, 0.15) is 49.8 Å². The van der Waals surface area contributed by atoms with E-state index >= 15 is 4.39 Å². The lowest BCUT2D eigenvalue weighted by Gasteiger charge is -2.41. The van der Waals surface area contributed by atoms with Gasteiger partial charge in [0.1, 0.15) is 23.1 Å². The van der Waals surface area contributed by atoms with Crippen LogP contribution in [0.25, 0.3) is 0 Å². The molecule has 4 aromatic carbocycles. The number of carbonyl (C=O) groups is 2. The van der Waals surface area contributed by atoms with Gasteiger partial charge >= 0.3 is 6.09 Å². The van der Waals surface area contributed by atoms with Crippen molar-refractivity contribution in [1.29, 1.82) is 0 Å². The van der Waals surface area contributed by atoms with Gasteiger partial charge in [0.2, 0.25) is 15.9 Å². The molecule has 9 nitrogen and oxygen atoms in total. The highest BCUT2D eigenvalue weighted by molar-refractivity contribution is 7.89. The van der Waals surface area contributed by atoms with E-state index in [-0.39, 0.29) is 48.6 Å². The molecular weight excluding hydrogens is 682 g/mol. The van der Waals surface area contributed by atoms with E-state index in [0.717, 1.165) is 0 Å². The first-order chi connectivity index (χ1) is 24.1. The molecule has 0 aromatic heterocycles. The molecule has 1 aliphatic rings. The molecule has 0 aliphatic carbocycles. The summed E-state index contributed by atoms with van der Waals surface area (Å²) in [6.07, 6.45) is -0.540. The van der Waals surface area contributed by atoms with Crippen LogP contribution in [-0.4, -0.2) is 66.9 Å². The van der Waals surface area contributed by atoms with Gasteiger partial charge in [-0.05, 0) is 93.3 Å². The standard InChI is InChI=1S/C38H41F3N4O5S/c1-38(2,3)50-37(47)44-20-21-45(51(48,49)30-14-5-4-6-15-30)29(24-44)18-19-31-32(41)16-9-17-33(31)43-36(46)35(42)34(25-10-7-12-27(39)22-25)26-11-8-13-28(40)23-26/h4-17,22-23,29,34-35H,18-21,24,42H2,1-3H3,(H,43,46)/t29-,35-/m0/s1. The molecule has 4 aromatic rings. The normalized spacial score (nSPS) is 16.2. The second-order valence-corrected chi connectivity index (χ2v) is 15.3. The highest BCUT2D eigenvalue weighted by atomic mass is 32.2. The van der Waals surface area contributed by atoms with Crippen LogP contribution in [0.4, 0.5) is 23.7 Å². The van der Waals surface area contributed by atoms with E-state index in [0.29, 0.717) is 11.1 Å². The van der Waals surface area contributed by atoms with Gasteiger partial charge in [-0.1, -0.05) is 48.5 Å². The molecule has 1 saturated heterocycles. The number of sulfonamides is 1. The van der Waals surface area contributed by atoms with Crippen molar-refractivity contribution < 1.29 is 35.9 Å². The second kappa shape index (κ2) is 15.7. The highest BCUT2D eigenvalue weighted by Crippen LogP contribution is 2.31. The summed E-state index contributed by atoms with van der Waals surface area (Å²) >= 11 is 0. The Kier molecular flexibility index (Phi) is 11.5. The average molecular weight is 723 g/mol. The SMILES string of the molecule is CC(C)(C)OC(=O)N1CCN(S(=O)(=O)c2ccccc2)[C@@H](CCc2c(F)cccc2NC(=O)[C@@H](N)C(c2cccc(F)c2)c2cccc(F)c2)C1. The number of carbonyl (C=O) groups excluding carboxylic acids is 2. The Bertz CT molecular complexity index is 1930. The van der Waals surface area contributed by atoms with Gasteiger partial charge in [0.25, 0.3) is 0 Å². The maximum atomic E-state index is 15.5. The lowest BCUT2D eigenvalue weighted by Crippen LogP contribution is -2.57. The summed E-state index contributed by atoms with van der Waals surface area (Å²) in [6, 6.07) is 20.9. The van der Waals surface area contributed by atoms with Crippen molar-refractivity contribution in [3.8, 4) is 0 Å². The summed E-state index contributed by atoms with van der Waals surface area (Å²) < 4.78 is 78.6. The van der Waals surface area contributed by atoms with Crippen LogP contribution in [0.15, 0.2) is 102 Å². The summed E-state index contributed by atoms with van der Waals surface area (Å²) in [5.41, 5.74) is 6.59. The topological polar surface area (TPSA) is 122 Å². The zero-order chi connectivity index (χ0) is 36.9. The Labute approximate surface area is 296 Å². The molecule has 51 heavy (non-hydrogen) atoms. The Balaban J connectivity index is 1.41. The van der Waals surface area contributed by atoms with E-state index in [1.807, 2.05) is 0 Å². The van der Waals surface area contributed by atoms with E-state index in [1.165, 1.54) is 75.9 Å². The first kappa shape index (κ1) is 37.5. The Morgan fingerprint density at radius 1 is 0.882 bits per heavy atom. The summed E-state index contributed by atoms with van der Waals surface area (Å²) in [6.45, 7) is 5.27. The largest absolute Gasteiger partial charge is 0.444 e. The third kappa shape index (κ3) is 9.15. The van der Waals surface area contributed by atoms with Gasteiger partial charge in [-0.2, -0.15) is 4.31 Å². The molecular formula is C38H41F3N4O5S. The van der Waals surface area contributed by atoms with Crippen molar-refractivity contribution in [1.82, 2.24) is 9.21 Å². The fourth-order valence-corrected chi connectivity index (χ4v) is 7.88. The Morgan fingerprint density at radius 3 is 2.08 bits per heavy atom. The number of benzene rings is 4. The van der Waals surface area contributed by atoms with Crippen molar-refractivity contribution in [2.24, 2.45) is 5.73 Å². The molecule has 0 unspecified atom stereocenters. The molecule has 0 saturated carbocycles. The maximum absolute atomic E-state index is 15.5. The molecule has 3 N–H and O–H groups in total. The first-order valence-corrected chi connectivity index (χ1v) is 18.0. The number of ether oxygens (including phenoxy) is 1. The number of rotatable bonds is 10. The number of hydrogen-bond donors (Lipinski definition) is 2. The molecule has 1 heterocycles. The van der Waals surface area contributed by atoms with Crippen LogP contribution in [0, 0.1) is 17.5 Å². The van der Waals surface area contributed by atoms with Crippen molar-refractivity contribution in [3.63, 3.8) is 0 Å². The van der Waals surface area contributed by atoms with Crippen LogP contribution < -0.4 is 11.1 Å². The smallest absolute Gasteiger partial charge is 0.410 e. The van der Waals surface area contributed by atoms with E-state index in [9.17, 15) is 26.8 Å². The van der Waals surface area contributed by atoms with Crippen molar-refractivity contribution >= 4 is 27.7 Å². The van der Waals surface area contributed by atoms with Crippen LogP contribution in [0.2, 0.25) is 0 Å². The molecule has 0 bridgehead atoms. The van der Waals surface area contributed by atoms with E-state index < -0.39 is 63.1 Å². The minimum atomic E-state index is -4.00. The summed E-state index contributed by atoms with van der Waals surface area (Å²) in [7, 11) is -4.00. The van der Waals surface area contributed by atoms with Crippen molar-refractivity contribution in [2.75, 3.05) is 25.0 Å². The molecule has 270 valence electrons. The molecule has 1 aliphatic heterocycles. The third-order valence-corrected chi connectivity index (χ3v) is 10.6. The predicted octanol–water partition coefficient (Wildman–Crippen LogP) is 6.44. The number of halogens is 3. The summed E-state index contributed by atoms with van der Waals surface area (Å²) in [5.74, 6) is -3.46. The minimum Gasteiger partial charge on any atom is -0.444 e. The zero-order valence-corrected chi connectivity index (χ0v) is 29.4. The van der Waals surface area contributed by atoms with Gasteiger partial charge in [-0.3, -0.25) is 4.79 Å². The van der Waals surface area contributed by atoms with E-state index in [1.54, 1.807) is 51.1 Å². The number of nitrogens with two attached hydrogens (primary N) is 1. The van der Waals surface area contributed by atoms with E-state index in [4.69, 9.17) is 10.5 Å². The van der Waals surface area contributed by atoms with Crippen LogP contribution >= 0.6 is 0 Å². The van der Waals surface area contributed by atoms with Gasteiger partial charge in [0.15, 0.2) is 0 Å². The molecule has 13 heteroatoms. The zero-order valence-electron chi connectivity index (χ0n) is 28.6. The number of hydrogen-bond acceptors (Lipinski definition) is 6. The third-order valence-electron chi connectivity index (χ3n) is 8.61. The quantitative estimate of drug-likeness (QED) is 0.194. The lowest BCUT2D eigenvalue weighted by atomic mass is 9.84. The highest BCUT2D eigenvalue weighted by Gasteiger charge is 2.39. The van der Waals surface area contributed by atoms with Gasteiger partial charge in [-0.15, -0.1) is 0 Å². The number of amides is 2. The molecule has 2 atom stereocenters. The molecule has 1 fully saturated rings. The van der Waals surface area contributed by atoms with Crippen LogP contribution in [-0.2, 0) is 26.0 Å². The number of nitrogens with zero attached hydrogens (tertiary/aromatic N) is 2. The van der Waals surface area contributed by atoms with Gasteiger partial charge < -0.3 is 20.7 Å². The van der Waals surface area contributed by atoms with Gasteiger partial charge in [-0.25, -0.2) is 26.4 Å². The summed E-state index contributed by atoms with van der Waals surface area (Å²) in [4.78, 5) is 28.3. The molecule has 5 rings (SSSR count). The maximum Gasteiger partial charge on any atom is 0.410 e. The lowest BCUT2D eigenvalue weighted by molar-refractivity contribution is -0.117. The number of anilines is 1. The van der Waals surface area contributed by atoms with Gasteiger partial charge in [0, 0.05) is 42.8 Å². The van der Waals surface area contributed by atoms with E-state index in [2.05, 4.69) is 5.32 Å². The van der Waals surface area contributed by atoms with Crippen LogP contribution in [0.3, 0.4) is 0 Å². The summed E-state index contributed by atoms with van der Waals surface area (Å²) in [5, 5.41) is 2.70. The monoisotopic (exact) mass is 722 g/mol. The Hall–Kier alpha value is -4.72.